The van der Waals surface area contributed by atoms with E-state index in [1.807, 2.05) is 0 Å². The average Bonchev–Trinajstić information content (AvgIpc) is 3.44. The molecule has 0 aromatic carbocycles. The number of aliphatic hydroxyl groups is 1. The standard InChI is InChI=1S/C26H43N5O4/c1-2-3-4-5-6-7-8-9-10-11-12-13-14-15-23(33)34-17-21-20(32)16-22(35-21)31-19-30-24-25(27)28-18-29-26(24)31/h18-22,32H,2-17H2,1H3,(H2,27,28,29)/t20?,21-,22-/m1/s1. The quantitative estimate of drug-likeness (QED) is 0.233. The van der Waals surface area contributed by atoms with Gasteiger partial charge < -0.3 is 20.3 Å². The highest BCUT2D eigenvalue weighted by atomic mass is 16.6. The Bertz CT molecular complexity index is 890. The van der Waals surface area contributed by atoms with Crippen molar-refractivity contribution in [1.29, 1.82) is 0 Å². The maximum atomic E-state index is 12.1. The Labute approximate surface area is 208 Å². The lowest BCUT2D eigenvalue weighted by molar-refractivity contribution is -0.150. The number of nitrogens with two attached hydrogens (primary N) is 1. The monoisotopic (exact) mass is 489 g/mol. The van der Waals surface area contributed by atoms with Crippen LogP contribution in [0.3, 0.4) is 0 Å². The van der Waals surface area contributed by atoms with Crippen LogP contribution in [-0.4, -0.2) is 49.4 Å². The molecule has 35 heavy (non-hydrogen) atoms. The van der Waals surface area contributed by atoms with Gasteiger partial charge in [0.1, 0.15) is 30.8 Å². The molecule has 9 heteroatoms. The van der Waals surface area contributed by atoms with Crippen LogP contribution in [0.25, 0.3) is 11.2 Å². The van der Waals surface area contributed by atoms with Crippen molar-refractivity contribution in [3.8, 4) is 0 Å². The Kier molecular flexibility index (Phi) is 11.7. The molecule has 0 radical (unpaired) electrons. The van der Waals surface area contributed by atoms with Crippen LogP contribution in [-0.2, 0) is 14.3 Å². The van der Waals surface area contributed by atoms with E-state index in [1.54, 1.807) is 10.9 Å². The van der Waals surface area contributed by atoms with E-state index in [4.69, 9.17) is 15.2 Å². The molecule has 3 N–H and O–H groups in total. The number of aliphatic hydroxyl groups excluding tert-OH is 1. The van der Waals surface area contributed by atoms with Crippen molar-refractivity contribution in [3.63, 3.8) is 0 Å². The first kappa shape index (κ1) is 27.3. The minimum Gasteiger partial charge on any atom is -0.463 e. The summed E-state index contributed by atoms with van der Waals surface area (Å²) in [4.78, 5) is 24.5. The van der Waals surface area contributed by atoms with Crippen LogP contribution in [0.5, 0.6) is 0 Å². The molecule has 2 aromatic rings. The van der Waals surface area contributed by atoms with Crippen LogP contribution in [0.4, 0.5) is 5.82 Å². The SMILES string of the molecule is CCCCCCCCCCCCCCCC(=O)OC[C@H]1O[C@@H](n2cnc3c(N)ncnc32)CC1O. The molecule has 1 aliphatic rings. The van der Waals surface area contributed by atoms with Crippen molar-refractivity contribution in [3.05, 3.63) is 12.7 Å². The summed E-state index contributed by atoms with van der Waals surface area (Å²) in [6.45, 7) is 2.30. The average molecular weight is 490 g/mol. The van der Waals surface area contributed by atoms with Crippen LogP contribution >= 0.6 is 0 Å². The number of esters is 1. The zero-order chi connectivity index (χ0) is 24.9. The van der Waals surface area contributed by atoms with E-state index < -0.39 is 18.4 Å². The fraction of sp³-hybridized carbons (Fsp3) is 0.769. The van der Waals surface area contributed by atoms with Gasteiger partial charge in [0.05, 0.1) is 12.4 Å². The first-order chi connectivity index (χ1) is 17.1. The minimum absolute atomic E-state index is 0.0404. The van der Waals surface area contributed by atoms with Crippen molar-refractivity contribution >= 4 is 23.0 Å². The third-order valence-electron chi connectivity index (χ3n) is 6.79. The molecule has 0 aliphatic carbocycles. The van der Waals surface area contributed by atoms with Crippen LogP contribution in [0.2, 0.25) is 0 Å². The Morgan fingerprint density at radius 1 is 1.03 bits per heavy atom. The molecule has 3 rings (SSSR count). The lowest BCUT2D eigenvalue weighted by Crippen LogP contribution is -2.27. The Hall–Kier alpha value is -2.26. The van der Waals surface area contributed by atoms with Crippen molar-refractivity contribution < 1.29 is 19.4 Å². The van der Waals surface area contributed by atoms with E-state index in [1.165, 1.54) is 77.0 Å². The van der Waals surface area contributed by atoms with Crippen LogP contribution in [0.1, 0.15) is 109 Å². The molecule has 3 heterocycles. The van der Waals surface area contributed by atoms with Gasteiger partial charge in [0.25, 0.3) is 0 Å². The van der Waals surface area contributed by atoms with Gasteiger partial charge in [-0.25, -0.2) is 15.0 Å². The molecule has 9 nitrogen and oxygen atoms in total. The van der Waals surface area contributed by atoms with E-state index >= 15 is 0 Å². The number of fused-ring (bicyclic) bond motifs is 1. The molecule has 1 aliphatic heterocycles. The highest BCUT2D eigenvalue weighted by Gasteiger charge is 2.36. The second-order valence-corrected chi connectivity index (χ2v) is 9.69. The summed E-state index contributed by atoms with van der Waals surface area (Å²) in [5, 5.41) is 10.4. The Morgan fingerprint density at radius 3 is 2.31 bits per heavy atom. The summed E-state index contributed by atoms with van der Waals surface area (Å²) in [5.41, 5.74) is 6.89. The van der Waals surface area contributed by atoms with Gasteiger partial charge in [-0.3, -0.25) is 9.36 Å². The molecular weight excluding hydrogens is 446 g/mol. The normalized spacial score (nSPS) is 20.0. The largest absolute Gasteiger partial charge is 0.463 e. The number of hydrogen-bond acceptors (Lipinski definition) is 8. The fourth-order valence-corrected chi connectivity index (χ4v) is 4.65. The predicted octanol–water partition coefficient (Wildman–Crippen LogP) is 5.08. The smallest absolute Gasteiger partial charge is 0.305 e. The van der Waals surface area contributed by atoms with Gasteiger partial charge in [-0.15, -0.1) is 0 Å². The van der Waals surface area contributed by atoms with Crippen LogP contribution in [0.15, 0.2) is 12.7 Å². The van der Waals surface area contributed by atoms with Crippen molar-refractivity contribution in [2.45, 2.75) is 122 Å². The van der Waals surface area contributed by atoms with E-state index in [0.717, 1.165) is 12.8 Å². The number of rotatable bonds is 17. The second-order valence-electron chi connectivity index (χ2n) is 9.69. The molecule has 1 unspecified atom stereocenters. The minimum atomic E-state index is -0.735. The number of nitrogen functional groups attached to an aromatic ring is 1. The van der Waals surface area contributed by atoms with Crippen molar-refractivity contribution in [2.24, 2.45) is 0 Å². The van der Waals surface area contributed by atoms with Crippen LogP contribution in [0, 0.1) is 0 Å². The lowest BCUT2D eigenvalue weighted by atomic mass is 10.0. The van der Waals surface area contributed by atoms with Crippen molar-refractivity contribution in [2.75, 3.05) is 12.3 Å². The van der Waals surface area contributed by atoms with E-state index in [0.29, 0.717) is 29.8 Å². The van der Waals surface area contributed by atoms with Gasteiger partial charge in [0.2, 0.25) is 0 Å². The molecular formula is C26H43N5O4. The molecule has 1 saturated heterocycles. The van der Waals surface area contributed by atoms with E-state index in [-0.39, 0.29) is 12.6 Å². The topological polar surface area (TPSA) is 125 Å². The number of nitrogens with zero attached hydrogens (tertiary/aromatic N) is 4. The molecule has 0 spiro atoms. The third-order valence-corrected chi connectivity index (χ3v) is 6.79. The van der Waals surface area contributed by atoms with Crippen LogP contribution < -0.4 is 5.73 Å². The first-order valence-electron chi connectivity index (χ1n) is 13.5. The lowest BCUT2D eigenvalue weighted by Gasteiger charge is -2.16. The summed E-state index contributed by atoms with van der Waals surface area (Å²) in [6, 6.07) is 0. The second kappa shape index (κ2) is 15.0. The van der Waals surface area contributed by atoms with E-state index in [2.05, 4.69) is 21.9 Å². The molecule has 2 aromatic heterocycles. The third kappa shape index (κ3) is 8.72. The number of anilines is 1. The van der Waals surface area contributed by atoms with Gasteiger partial charge in [-0.2, -0.15) is 0 Å². The number of unbranched alkanes of at least 4 members (excludes halogenated alkanes) is 12. The molecule has 0 bridgehead atoms. The first-order valence-corrected chi connectivity index (χ1v) is 13.5. The summed E-state index contributed by atoms with van der Waals surface area (Å²) < 4.78 is 13.0. The van der Waals surface area contributed by atoms with Gasteiger partial charge >= 0.3 is 5.97 Å². The van der Waals surface area contributed by atoms with E-state index in [9.17, 15) is 9.90 Å². The fourth-order valence-electron chi connectivity index (χ4n) is 4.65. The number of carbonyl (C=O) groups is 1. The van der Waals surface area contributed by atoms with Gasteiger partial charge in [-0.05, 0) is 6.42 Å². The predicted molar refractivity (Wildman–Crippen MR) is 136 cm³/mol. The Balaban J connectivity index is 1.22. The highest BCUT2D eigenvalue weighted by Crippen LogP contribution is 2.31. The molecule has 3 atom stereocenters. The van der Waals surface area contributed by atoms with Gasteiger partial charge in [0, 0.05) is 12.8 Å². The number of imidazole rings is 1. The molecule has 1 fully saturated rings. The number of ether oxygens (including phenoxy) is 2. The van der Waals surface area contributed by atoms with Gasteiger partial charge in [-0.1, -0.05) is 84.0 Å². The molecule has 0 amide bonds. The van der Waals surface area contributed by atoms with Crippen molar-refractivity contribution in [1.82, 2.24) is 19.5 Å². The zero-order valence-electron chi connectivity index (χ0n) is 21.2. The maximum Gasteiger partial charge on any atom is 0.305 e. The molecule has 196 valence electrons. The highest BCUT2D eigenvalue weighted by molar-refractivity contribution is 5.81. The zero-order valence-corrected chi connectivity index (χ0v) is 21.2. The number of hydrogen-bond donors (Lipinski definition) is 2. The number of aromatic nitrogens is 4. The molecule has 0 saturated carbocycles. The van der Waals surface area contributed by atoms with Gasteiger partial charge in [0.15, 0.2) is 11.5 Å². The summed E-state index contributed by atoms with van der Waals surface area (Å²) in [5.74, 6) is 0.0619. The summed E-state index contributed by atoms with van der Waals surface area (Å²) in [7, 11) is 0. The maximum absolute atomic E-state index is 12.1. The summed E-state index contributed by atoms with van der Waals surface area (Å²) >= 11 is 0. The summed E-state index contributed by atoms with van der Waals surface area (Å²) in [6.07, 6.45) is 18.5. The number of carbonyl (C=O) groups excluding carboxylic acids is 1. The Morgan fingerprint density at radius 2 is 1.66 bits per heavy atom.